The zero-order chi connectivity index (χ0) is 14.3. The summed E-state index contributed by atoms with van der Waals surface area (Å²) < 4.78 is 11.7. The molecule has 3 atom stereocenters. The smallest absolute Gasteiger partial charge is 0.202 e. The highest BCUT2D eigenvalue weighted by Gasteiger charge is 2.29. The molecule has 0 bridgehead atoms. The Bertz CT molecular complexity index is 259. The largest absolute Gasteiger partial charge is 0.470 e. The van der Waals surface area contributed by atoms with Crippen LogP contribution >= 0.6 is 0 Å². The van der Waals surface area contributed by atoms with E-state index in [4.69, 9.17) is 9.47 Å². The molecule has 1 heterocycles. The van der Waals surface area contributed by atoms with Crippen molar-refractivity contribution in [1.29, 1.82) is 0 Å². The highest BCUT2D eigenvalue weighted by atomic mass is 16.7. The molecule has 3 unspecified atom stereocenters. The Morgan fingerprint density at radius 1 is 1.26 bits per heavy atom. The molecule has 1 aliphatic heterocycles. The lowest BCUT2D eigenvalue weighted by atomic mass is 9.96. The monoisotopic (exact) mass is 270 g/mol. The van der Waals surface area contributed by atoms with Gasteiger partial charge in [0.05, 0.1) is 18.0 Å². The molecule has 0 aromatic carbocycles. The summed E-state index contributed by atoms with van der Waals surface area (Å²) in [6.45, 7) is 10.5. The fourth-order valence-electron chi connectivity index (χ4n) is 2.71. The second-order valence-corrected chi connectivity index (χ2v) is 5.58. The van der Waals surface area contributed by atoms with Crippen LogP contribution in [0, 0.1) is 5.92 Å². The first-order valence-corrected chi connectivity index (χ1v) is 7.79. The van der Waals surface area contributed by atoms with Gasteiger partial charge in [0, 0.05) is 12.3 Å². The molecule has 19 heavy (non-hydrogen) atoms. The van der Waals surface area contributed by atoms with E-state index in [-0.39, 0.29) is 18.5 Å². The van der Waals surface area contributed by atoms with Crippen LogP contribution in [-0.2, 0) is 9.47 Å². The first-order valence-electron chi connectivity index (χ1n) is 7.79. The minimum atomic E-state index is -0.322. The van der Waals surface area contributed by atoms with Crippen LogP contribution < -0.4 is 0 Å². The summed E-state index contributed by atoms with van der Waals surface area (Å²) in [7, 11) is 0. The van der Waals surface area contributed by atoms with Gasteiger partial charge in [0.15, 0.2) is 0 Å². The zero-order valence-electron chi connectivity index (χ0n) is 12.7. The Morgan fingerprint density at radius 3 is 2.42 bits per heavy atom. The van der Waals surface area contributed by atoms with Crippen LogP contribution in [0.4, 0.5) is 0 Å². The second-order valence-electron chi connectivity index (χ2n) is 5.58. The van der Waals surface area contributed by atoms with E-state index in [1.165, 1.54) is 0 Å². The summed E-state index contributed by atoms with van der Waals surface area (Å²) in [6.07, 6.45) is 6.16. The number of hydrogen-bond donors (Lipinski definition) is 1. The van der Waals surface area contributed by atoms with Crippen LogP contribution in [0.15, 0.2) is 12.3 Å². The summed E-state index contributed by atoms with van der Waals surface area (Å²) in [5.74, 6) is 1.25. The van der Waals surface area contributed by atoms with Crippen LogP contribution in [0.3, 0.4) is 0 Å². The molecule has 0 aromatic rings. The van der Waals surface area contributed by atoms with E-state index >= 15 is 0 Å². The van der Waals surface area contributed by atoms with Gasteiger partial charge in [-0.1, -0.05) is 40.2 Å². The van der Waals surface area contributed by atoms with Gasteiger partial charge in [0.25, 0.3) is 0 Å². The van der Waals surface area contributed by atoms with Crippen LogP contribution in [0.1, 0.15) is 65.7 Å². The van der Waals surface area contributed by atoms with Gasteiger partial charge in [0.2, 0.25) is 6.29 Å². The maximum atomic E-state index is 9.85. The number of rotatable bonds is 8. The molecule has 0 radical (unpaired) electrons. The van der Waals surface area contributed by atoms with Gasteiger partial charge < -0.3 is 14.6 Å². The molecule has 3 nitrogen and oxygen atoms in total. The highest BCUT2D eigenvalue weighted by Crippen LogP contribution is 2.28. The molecule has 112 valence electrons. The van der Waals surface area contributed by atoms with Gasteiger partial charge in [-0.25, -0.2) is 0 Å². The number of hydrogen-bond acceptors (Lipinski definition) is 3. The number of aliphatic hydroxyl groups is 1. The van der Waals surface area contributed by atoms with E-state index in [1.807, 2.05) is 0 Å². The van der Waals surface area contributed by atoms with Crippen molar-refractivity contribution in [3.05, 3.63) is 12.3 Å². The van der Waals surface area contributed by atoms with Crippen molar-refractivity contribution < 1.29 is 14.6 Å². The molecule has 1 fully saturated rings. The molecule has 0 aliphatic carbocycles. The van der Waals surface area contributed by atoms with Crippen LogP contribution in [0.25, 0.3) is 0 Å². The summed E-state index contributed by atoms with van der Waals surface area (Å²) in [6, 6.07) is 0. The summed E-state index contributed by atoms with van der Waals surface area (Å²) in [5.41, 5.74) is 0. The van der Waals surface area contributed by atoms with Gasteiger partial charge in [-0.2, -0.15) is 0 Å². The molecule has 1 aliphatic rings. The highest BCUT2D eigenvalue weighted by molar-refractivity contribution is 4.92. The van der Waals surface area contributed by atoms with Gasteiger partial charge in [-0.3, -0.25) is 0 Å². The molecule has 0 amide bonds. The summed E-state index contributed by atoms with van der Waals surface area (Å²) in [5, 5.41) is 9.85. The third-order valence-corrected chi connectivity index (χ3v) is 3.81. The van der Waals surface area contributed by atoms with E-state index in [2.05, 4.69) is 27.4 Å². The lowest BCUT2D eigenvalue weighted by molar-refractivity contribution is -0.202. The molecule has 0 saturated carbocycles. The molecule has 1 rings (SSSR count). The number of allylic oxidation sites excluding steroid dienone is 1. The average Bonchev–Trinajstić information content (AvgIpc) is 2.37. The molecular formula is C16H30O3. The molecule has 0 spiro atoms. The Balaban J connectivity index is 2.49. The first-order chi connectivity index (χ1) is 9.10. The fraction of sp³-hybridized carbons (Fsp3) is 0.875. The van der Waals surface area contributed by atoms with E-state index in [0.29, 0.717) is 12.3 Å². The van der Waals surface area contributed by atoms with Crippen LogP contribution in [-0.4, -0.2) is 23.6 Å². The Labute approximate surface area is 118 Å². The van der Waals surface area contributed by atoms with Crippen molar-refractivity contribution in [3.8, 4) is 0 Å². The van der Waals surface area contributed by atoms with Crippen molar-refractivity contribution in [2.75, 3.05) is 0 Å². The standard InChI is InChI=1S/C16H30O3/c1-5-8-13(9-6-2)12(4)18-16-11-14(17)10-15(7-3)19-16/h13-17H,4-11H2,1-3H3. The predicted molar refractivity (Wildman–Crippen MR) is 77.7 cm³/mol. The molecule has 0 aromatic heterocycles. The predicted octanol–water partition coefficient (Wildman–Crippen LogP) is 4.01. The minimum absolute atomic E-state index is 0.109. The van der Waals surface area contributed by atoms with E-state index in [9.17, 15) is 5.11 Å². The Hall–Kier alpha value is -0.540. The molecular weight excluding hydrogens is 240 g/mol. The average molecular weight is 270 g/mol. The van der Waals surface area contributed by atoms with Crippen molar-refractivity contribution in [1.82, 2.24) is 0 Å². The third kappa shape index (κ3) is 5.53. The van der Waals surface area contributed by atoms with Crippen LogP contribution in [0.5, 0.6) is 0 Å². The lowest BCUT2D eigenvalue weighted by Gasteiger charge is -2.34. The van der Waals surface area contributed by atoms with Crippen molar-refractivity contribution in [2.45, 2.75) is 84.2 Å². The van der Waals surface area contributed by atoms with Gasteiger partial charge in [0.1, 0.15) is 0 Å². The zero-order valence-corrected chi connectivity index (χ0v) is 12.7. The normalized spacial score (nSPS) is 27.5. The van der Waals surface area contributed by atoms with Crippen molar-refractivity contribution in [2.24, 2.45) is 5.92 Å². The van der Waals surface area contributed by atoms with E-state index in [0.717, 1.165) is 44.3 Å². The van der Waals surface area contributed by atoms with Gasteiger partial charge in [-0.05, 0) is 25.7 Å². The SMILES string of the molecule is C=C(OC1CC(O)CC(CC)O1)C(CCC)CCC. The van der Waals surface area contributed by atoms with Gasteiger partial charge in [-0.15, -0.1) is 0 Å². The minimum Gasteiger partial charge on any atom is -0.470 e. The lowest BCUT2D eigenvalue weighted by Crippen LogP contribution is -2.37. The van der Waals surface area contributed by atoms with E-state index < -0.39 is 0 Å². The summed E-state index contributed by atoms with van der Waals surface area (Å²) in [4.78, 5) is 0. The topological polar surface area (TPSA) is 38.7 Å². The van der Waals surface area contributed by atoms with E-state index in [1.54, 1.807) is 0 Å². The first kappa shape index (κ1) is 16.5. The fourth-order valence-corrected chi connectivity index (χ4v) is 2.71. The van der Waals surface area contributed by atoms with Crippen LogP contribution in [0.2, 0.25) is 0 Å². The van der Waals surface area contributed by atoms with Crippen molar-refractivity contribution in [3.63, 3.8) is 0 Å². The van der Waals surface area contributed by atoms with Gasteiger partial charge >= 0.3 is 0 Å². The quantitative estimate of drug-likeness (QED) is 0.677. The molecule has 1 saturated heterocycles. The van der Waals surface area contributed by atoms with Crippen molar-refractivity contribution >= 4 is 0 Å². The molecule has 3 heteroatoms. The maximum absolute atomic E-state index is 9.85. The second kappa shape index (κ2) is 8.60. The third-order valence-electron chi connectivity index (χ3n) is 3.81. The summed E-state index contributed by atoms with van der Waals surface area (Å²) >= 11 is 0. The molecule has 1 N–H and O–H groups in total. The Kier molecular flexibility index (Phi) is 7.47. The Morgan fingerprint density at radius 2 is 1.89 bits per heavy atom. The number of aliphatic hydroxyl groups excluding tert-OH is 1. The maximum Gasteiger partial charge on any atom is 0.202 e. The number of ether oxygens (including phenoxy) is 2.